The van der Waals surface area contributed by atoms with E-state index in [0.29, 0.717) is 16.9 Å². The molecule has 0 saturated carbocycles. The largest absolute Gasteiger partial charge is 0.322 e. The number of nitrogens with zero attached hydrogens (tertiary/aromatic N) is 1. The zero-order valence-electron chi connectivity index (χ0n) is 14.1. The van der Waals surface area contributed by atoms with Gasteiger partial charge in [-0.15, -0.1) is 22.7 Å². The molecule has 136 valence electrons. The van der Waals surface area contributed by atoms with Crippen LogP contribution in [0, 0.1) is 0 Å². The highest BCUT2D eigenvalue weighted by Crippen LogP contribution is 2.29. The summed E-state index contributed by atoms with van der Waals surface area (Å²) in [4.78, 5) is 41.5. The third-order valence-electron chi connectivity index (χ3n) is 4.21. The normalized spacial score (nSPS) is 18.9. The minimum atomic E-state index is -1.18. The monoisotopic (exact) mass is 398 g/mol. The first kappa shape index (κ1) is 17.4. The number of urea groups is 1. The maximum absolute atomic E-state index is 12.5. The number of hydrogen-bond donors (Lipinski definition) is 3. The number of aromatic nitrogens is 1. The Morgan fingerprint density at radius 3 is 2.74 bits per heavy atom. The van der Waals surface area contributed by atoms with Gasteiger partial charge in [-0.05, 0) is 36.1 Å². The van der Waals surface area contributed by atoms with Crippen LogP contribution in [0.2, 0.25) is 0 Å². The van der Waals surface area contributed by atoms with Gasteiger partial charge in [-0.1, -0.05) is 18.2 Å². The molecule has 9 heteroatoms. The van der Waals surface area contributed by atoms with Crippen molar-refractivity contribution in [1.82, 2.24) is 15.6 Å². The second-order valence-corrected chi connectivity index (χ2v) is 7.89. The molecule has 4 rings (SSSR count). The van der Waals surface area contributed by atoms with E-state index in [1.165, 1.54) is 11.3 Å². The van der Waals surface area contributed by atoms with E-state index in [0.717, 1.165) is 9.88 Å². The molecule has 27 heavy (non-hydrogen) atoms. The maximum atomic E-state index is 12.5. The summed E-state index contributed by atoms with van der Waals surface area (Å²) in [5.41, 5.74) is 0.233. The van der Waals surface area contributed by atoms with Crippen LogP contribution in [0.5, 0.6) is 0 Å². The number of anilines is 1. The molecule has 7 nitrogen and oxygen atoms in total. The van der Waals surface area contributed by atoms with Crippen molar-refractivity contribution in [3.05, 3.63) is 58.4 Å². The van der Waals surface area contributed by atoms with Crippen molar-refractivity contribution in [3.63, 3.8) is 0 Å². The average Bonchev–Trinajstić information content (AvgIpc) is 3.36. The molecule has 3 aromatic rings. The molecular weight excluding hydrogens is 384 g/mol. The summed E-state index contributed by atoms with van der Waals surface area (Å²) >= 11 is 2.97. The van der Waals surface area contributed by atoms with Crippen LogP contribution in [0.1, 0.15) is 23.0 Å². The van der Waals surface area contributed by atoms with Crippen LogP contribution in [0.15, 0.2) is 47.2 Å². The molecule has 1 atom stereocenters. The lowest BCUT2D eigenvalue weighted by atomic mass is 9.92. The first-order chi connectivity index (χ1) is 13.0. The van der Waals surface area contributed by atoms with Crippen molar-refractivity contribution >= 4 is 46.2 Å². The average molecular weight is 398 g/mol. The van der Waals surface area contributed by atoms with Gasteiger partial charge in [0, 0.05) is 11.1 Å². The zero-order chi connectivity index (χ0) is 19.0. The van der Waals surface area contributed by atoms with E-state index in [2.05, 4.69) is 20.9 Å². The quantitative estimate of drug-likeness (QED) is 0.588. The van der Waals surface area contributed by atoms with Gasteiger partial charge >= 0.3 is 6.03 Å². The van der Waals surface area contributed by atoms with Gasteiger partial charge in [0.05, 0.1) is 4.88 Å². The van der Waals surface area contributed by atoms with Crippen LogP contribution in [0.3, 0.4) is 0 Å². The first-order valence-electron chi connectivity index (χ1n) is 8.00. The van der Waals surface area contributed by atoms with Gasteiger partial charge in [0.1, 0.15) is 16.2 Å². The Labute approximate surface area is 162 Å². The molecule has 2 aromatic heterocycles. The second-order valence-electron chi connectivity index (χ2n) is 6.08. The number of thiophene rings is 1. The minimum absolute atomic E-state index is 0.326. The number of benzene rings is 1. The summed E-state index contributed by atoms with van der Waals surface area (Å²) in [5, 5.41) is 12.1. The molecule has 1 saturated heterocycles. The van der Waals surface area contributed by atoms with Crippen LogP contribution in [-0.2, 0) is 10.3 Å². The van der Waals surface area contributed by atoms with E-state index in [1.54, 1.807) is 47.9 Å². The Morgan fingerprint density at radius 1 is 1.19 bits per heavy atom. The lowest BCUT2D eigenvalue weighted by Gasteiger charge is -2.21. The number of carbonyl (C=O) groups excluding carboxylic acids is 3. The van der Waals surface area contributed by atoms with Gasteiger partial charge in [0.25, 0.3) is 11.8 Å². The van der Waals surface area contributed by atoms with Gasteiger partial charge in [-0.2, -0.15) is 0 Å². The molecule has 0 radical (unpaired) electrons. The molecular formula is C18H14N4O3S2. The van der Waals surface area contributed by atoms with Crippen LogP contribution in [0.4, 0.5) is 10.5 Å². The third kappa shape index (κ3) is 3.22. The molecule has 1 aliphatic heterocycles. The van der Waals surface area contributed by atoms with Crippen molar-refractivity contribution in [2.24, 2.45) is 0 Å². The van der Waals surface area contributed by atoms with Crippen molar-refractivity contribution in [2.45, 2.75) is 12.5 Å². The van der Waals surface area contributed by atoms with E-state index >= 15 is 0 Å². The highest BCUT2D eigenvalue weighted by molar-refractivity contribution is 7.20. The second kappa shape index (κ2) is 6.60. The fourth-order valence-corrected chi connectivity index (χ4v) is 4.36. The van der Waals surface area contributed by atoms with Crippen LogP contribution in [0.25, 0.3) is 9.88 Å². The smallest absolute Gasteiger partial charge is 0.321 e. The Hall–Kier alpha value is -3.04. The van der Waals surface area contributed by atoms with Gasteiger partial charge in [-0.3, -0.25) is 14.9 Å². The highest BCUT2D eigenvalue weighted by Gasteiger charge is 2.43. The molecule has 3 N–H and O–H groups in total. The Morgan fingerprint density at radius 2 is 2.04 bits per heavy atom. The predicted octanol–water partition coefficient (Wildman–Crippen LogP) is 3.18. The number of thiazole rings is 1. The van der Waals surface area contributed by atoms with Crippen LogP contribution < -0.4 is 16.0 Å². The van der Waals surface area contributed by atoms with Crippen molar-refractivity contribution in [2.75, 3.05) is 5.32 Å². The van der Waals surface area contributed by atoms with E-state index < -0.39 is 17.5 Å². The predicted molar refractivity (Wildman–Crippen MR) is 104 cm³/mol. The van der Waals surface area contributed by atoms with E-state index in [4.69, 9.17) is 0 Å². The molecule has 0 unspecified atom stereocenters. The van der Waals surface area contributed by atoms with Crippen molar-refractivity contribution < 1.29 is 14.4 Å². The van der Waals surface area contributed by atoms with Gasteiger partial charge in [0.2, 0.25) is 0 Å². The molecule has 0 aliphatic carbocycles. The standard InChI is InChI=1S/C18H14N4O3S2/c1-18(16(24)21-17(25)22-18)10-4-2-5-11(8-10)19-14(23)12-9-27-15(20-12)13-6-3-7-26-13/h2-9H,1H3,(H,19,23)(H2,21,22,24,25)/t18-/m0/s1. The Balaban J connectivity index is 1.54. The summed E-state index contributed by atoms with van der Waals surface area (Å²) in [6, 6.07) is 10.2. The van der Waals surface area contributed by atoms with Crippen LogP contribution in [-0.4, -0.2) is 22.8 Å². The van der Waals surface area contributed by atoms with Gasteiger partial charge in [-0.25, -0.2) is 9.78 Å². The minimum Gasteiger partial charge on any atom is -0.321 e. The molecule has 0 bridgehead atoms. The molecule has 3 heterocycles. The summed E-state index contributed by atoms with van der Waals surface area (Å²) in [7, 11) is 0. The zero-order valence-corrected chi connectivity index (χ0v) is 15.7. The molecule has 1 aromatic carbocycles. The highest BCUT2D eigenvalue weighted by atomic mass is 32.1. The summed E-state index contributed by atoms with van der Waals surface area (Å²) < 4.78 is 0. The van der Waals surface area contributed by atoms with E-state index in [1.807, 2.05) is 17.5 Å². The molecule has 1 fully saturated rings. The number of rotatable bonds is 4. The lowest BCUT2D eigenvalue weighted by Crippen LogP contribution is -2.40. The molecule has 4 amide bonds. The summed E-state index contributed by atoms with van der Waals surface area (Å²) in [6.07, 6.45) is 0. The molecule has 1 aliphatic rings. The van der Waals surface area contributed by atoms with E-state index in [9.17, 15) is 14.4 Å². The molecule has 0 spiro atoms. The summed E-state index contributed by atoms with van der Waals surface area (Å²) in [6.45, 7) is 1.61. The fraction of sp³-hybridized carbons (Fsp3) is 0.111. The number of imide groups is 1. The third-order valence-corrected chi connectivity index (χ3v) is 6.09. The van der Waals surface area contributed by atoms with Crippen molar-refractivity contribution in [3.8, 4) is 9.88 Å². The van der Waals surface area contributed by atoms with E-state index in [-0.39, 0.29) is 5.91 Å². The van der Waals surface area contributed by atoms with Crippen LogP contribution >= 0.6 is 22.7 Å². The van der Waals surface area contributed by atoms with Crippen molar-refractivity contribution in [1.29, 1.82) is 0 Å². The summed E-state index contributed by atoms with van der Waals surface area (Å²) in [5.74, 6) is -0.771. The number of amides is 4. The number of hydrogen-bond acceptors (Lipinski definition) is 6. The van der Waals surface area contributed by atoms with Gasteiger partial charge < -0.3 is 10.6 Å². The number of nitrogens with one attached hydrogen (secondary N) is 3. The Kier molecular flexibility index (Phi) is 4.25. The number of carbonyl (C=O) groups is 3. The maximum Gasteiger partial charge on any atom is 0.322 e. The van der Waals surface area contributed by atoms with Gasteiger partial charge in [0.15, 0.2) is 0 Å². The topological polar surface area (TPSA) is 100 Å². The fourth-order valence-electron chi connectivity index (χ4n) is 2.74. The first-order valence-corrected chi connectivity index (χ1v) is 9.76. The Bertz CT molecular complexity index is 1040. The SMILES string of the molecule is C[C@@]1(c2cccc(NC(=O)c3csc(-c4cccs4)n3)c2)NC(=O)NC1=O. The lowest BCUT2D eigenvalue weighted by molar-refractivity contribution is -0.123.